The summed E-state index contributed by atoms with van der Waals surface area (Å²) in [4.78, 5) is 27.6. The van der Waals surface area contributed by atoms with E-state index in [-0.39, 0.29) is 143 Å². The Balaban J connectivity index is 0.0000141. The van der Waals surface area contributed by atoms with Crippen molar-refractivity contribution in [3.63, 3.8) is 0 Å². The third kappa shape index (κ3) is 27.3. The van der Waals surface area contributed by atoms with Crippen LogP contribution in [-0.4, -0.2) is 96.7 Å². The number of phenolic OH excluding ortho intramolecular Hbond substituents is 2. The summed E-state index contributed by atoms with van der Waals surface area (Å²) < 4.78 is 118. The zero-order chi connectivity index (χ0) is 46.6. The summed E-state index contributed by atoms with van der Waals surface area (Å²) in [5.74, 6) is -0.614. The summed E-state index contributed by atoms with van der Waals surface area (Å²) in [5.41, 5.74) is 1.50. The maximum absolute atomic E-state index is 13.2. The molecule has 364 valence electrons. The molecule has 3 N–H and O–H groups in total. The summed E-state index contributed by atoms with van der Waals surface area (Å²) in [7, 11) is -16.0. The van der Waals surface area contributed by atoms with Crippen LogP contribution in [0.1, 0.15) is 185 Å². The van der Waals surface area contributed by atoms with Crippen LogP contribution in [0.15, 0.2) is 12.1 Å². The molecule has 0 saturated carbocycles. The fourth-order valence-corrected chi connectivity index (χ4v) is 10.5. The van der Waals surface area contributed by atoms with Crippen LogP contribution in [0.2, 0.25) is 0 Å². The van der Waals surface area contributed by atoms with Crippen molar-refractivity contribution in [3.05, 3.63) is 23.3 Å². The summed E-state index contributed by atoms with van der Waals surface area (Å²) in [5, 5.41) is 23.2. The van der Waals surface area contributed by atoms with Gasteiger partial charge in [0.05, 0.1) is 12.1 Å². The van der Waals surface area contributed by atoms with Gasteiger partial charge in [0.2, 0.25) is 43.0 Å². The van der Waals surface area contributed by atoms with Crippen molar-refractivity contribution in [1.29, 1.82) is 0 Å². The summed E-state index contributed by atoms with van der Waals surface area (Å²) >= 11 is 0. The molecule has 5 unspecified atom stereocenters. The number of aromatic hydroxyl groups is 2. The number of rotatable bonds is 33. The van der Waals surface area contributed by atoms with Gasteiger partial charge in [-0.2, -0.15) is 0 Å². The molecule has 2 aliphatic heterocycles. The van der Waals surface area contributed by atoms with Gasteiger partial charge >= 0.3 is 88.7 Å². The predicted molar refractivity (Wildman–Crippen MR) is 229 cm³/mol. The third-order valence-corrected chi connectivity index (χ3v) is 13.5. The van der Waals surface area contributed by atoms with Gasteiger partial charge in [0.15, 0.2) is 0 Å². The number of benzene rings is 1. The van der Waals surface area contributed by atoms with E-state index in [1.807, 2.05) is 0 Å². The molecule has 3 rings (SSSR count). The molecule has 0 aromatic heterocycles. The number of nitrogens with one attached hydrogen (secondary N) is 1. The van der Waals surface area contributed by atoms with Gasteiger partial charge in [0.25, 0.3) is 0 Å². The first kappa shape index (κ1) is 66.4. The smallest absolute Gasteiger partial charge is 0.726 e. The molecule has 0 spiro atoms. The van der Waals surface area contributed by atoms with Crippen molar-refractivity contribution in [2.24, 2.45) is 5.92 Å². The van der Waals surface area contributed by atoms with E-state index in [1.54, 1.807) is 17.9 Å². The van der Waals surface area contributed by atoms with Gasteiger partial charge in [-0.3, -0.25) is 22.1 Å². The molecule has 2 amide bonds. The number of phenols is 2. The number of carbonyl (C=O) groups is 2. The van der Waals surface area contributed by atoms with Gasteiger partial charge in [-0.15, -0.1) is 0 Å². The van der Waals surface area contributed by atoms with E-state index >= 15 is 0 Å². The van der Waals surface area contributed by atoms with Crippen molar-refractivity contribution in [3.8, 4) is 11.5 Å². The zero-order valence-electron chi connectivity index (χ0n) is 39.8. The second kappa shape index (κ2) is 33.9. The van der Waals surface area contributed by atoms with Gasteiger partial charge < -0.3 is 34.1 Å². The number of piperidine rings is 1. The molecule has 1 saturated heterocycles. The Morgan fingerprint density at radius 3 is 1.79 bits per heavy atom. The minimum Gasteiger partial charge on any atom is -0.726 e. The predicted octanol–water partition coefficient (Wildman–Crippen LogP) is -2.41. The molecule has 1 fully saturated rings. The first-order valence-electron chi connectivity index (χ1n) is 22.7. The average Bonchev–Trinajstić information content (AvgIpc) is 3.17. The second-order valence-electron chi connectivity index (χ2n) is 17.3. The van der Waals surface area contributed by atoms with Crippen LogP contribution in [0.25, 0.3) is 0 Å². The molecule has 66 heavy (non-hydrogen) atoms. The van der Waals surface area contributed by atoms with E-state index in [4.69, 9.17) is 4.18 Å². The quantitative estimate of drug-likeness (QED) is 0.0286. The minimum absolute atomic E-state index is 0. The Hall–Kier alpha value is 0.370. The van der Waals surface area contributed by atoms with E-state index < -0.39 is 62.0 Å². The molecule has 24 heteroatoms. The minimum atomic E-state index is -5.42. The normalized spacial score (nSPS) is 18.1. The van der Waals surface area contributed by atoms with Crippen LogP contribution in [-0.2, 0) is 59.8 Å². The van der Waals surface area contributed by atoms with E-state index in [2.05, 4.69) is 20.6 Å². The Morgan fingerprint density at radius 2 is 1.23 bits per heavy atom. The fourth-order valence-electron chi connectivity index (χ4n) is 8.91. The molecule has 0 bridgehead atoms. The summed E-state index contributed by atoms with van der Waals surface area (Å²) in [6.45, 7) is 4.31. The molecule has 0 aliphatic carbocycles. The SMILES string of the molecule is CCCCCCCC[C@H](C)CC(OS(=O)(=O)[O-])C(CCC(CCCCCCCCCCCCC(=O)NC1CCC2c3c(O)cc(O)cc3CCN2C1=O)OS(=O)(=O)[O-])OS(=O)(=O)[O-].[Na+].[Na+].[Na+]. The Kier molecular flexibility index (Phi) is 34.1. The van der Waals surface area contributed by atoms with E-state index in [1.165, 1.54) is 6.07 Å². The standard InChI is InChI=1S/C42H72N2O16S3.3Na/c1-3-4-5-6-13-16-19-31(2)28-39(60-63(55,56)57)38(59-62(52,53)54)25-22-34(58-61(49,50)51)20-17-14-11-9-7-8-10-12-15-18-21-40(47)43-35-23-24-36-41-32(26-27-44(36)42(35)48)29-33(45)30-37(41)46;;;/h29-31,34-36,38-39,45-46H,3-28H2,1-2H3,(H,43,47)(H,49,50,51)(H,52,53,54)(H,55,56,57);;;/q;3*+1/p-3/t31-,34?,35?,36?,38?,39?;;;/m0.../s1. The number of nitrogens with zero attached hydrogens (tertiary/aromatic N) is 1. The number of fused-ring (bicyclic) bond motifs is 3. The molecule has 2 aliphatic rings. The number of hydrogen-bond acceptors (Lipinski definition) is 16. The van der Waals surface area contributed by atoms with E-state index in [9.17, 15) is 58.7 Å². The van der Waals surface area contributed by atoms with Crippen molar-refractivity contribution in [2.45, 2.75) is 205 Å². The summed E-state index contributed by atoms with van der Waals surface area (Å²) in [6.07, 6.45) is 11.2. The molecular weight excluding hydrogens is 954 g/mol. The topological polar surface area (TPSA) is 289 Å². The second-order valence-corrected chi connectivity index (χ2v) is 20.3. The molecule has 0 radical (unpaired) electrons. The van der Waals surface area contributed by atoms with Gasteiger partial charge in [0, 0.05) is 24.6 Å². The van der Waals surface area contributed by atoms with Gasteiger partial charge in [-0.1, -0.05) is 117 Å². The van der Waals surface area contributed by atoms with E-state index in [0.717, 1.165) is 89.0 Å². The number of amides is 2. The van der Waals surface area contributed by atoms with Crippen molar-refractivity contribution >= 4 is 43.0 Å². The van der Waals surface area contributed by atoms with Gasteiger partial charge in [0.1, 0.15) is 29.7 Å². The van der Waals surface area contributed by atoms with Crippen LogP contribution in [0.5, 0.6) is 11.5 Å². The largest absolute Gasteiger partial charge is 1.00 e. The van der Waals surface area contributed by atoms with Crippen molar-refractivity contribution in [2.75, 3.05) is 6.54 Å². The Morgan fingerprint density at radius 1 is 0.712 bits per heavy atom. The first-order valence-corrected chi connectivity index (χ1v) is 26.7. The Labute approximate surface area is 460 Å². The van der Waals surface area contributed by atoms with Crippen LogP contribution >= 0.6 is 0 Å². The van der Waals surface area contributed by atoms with Crippen LogP contribution in [0.4, 0.5) is 0 Å². The van der Waals surface area contributed by atoms with Gasteiger partial charge in [-0.05, 0) is 68.9 Å². The number of hydrogen-bond donors (Lipinski definition) is 3. The molecule has 1 aromatic carbocycles. The fraction of sp³-hybridized carbons (Fsp3) is 0.810. The maximum atomic E-state index is 13.2. The van der Waals surface area contributed by atoms with Crippen molar-refractivity contribution in [1.82, 2.24) is 10.2 Å². The third-order valence-electron chi connectivity index (χ3n) is 12.0. The zero-order valence-corrected chi connectivity index (χ0v) is 48.2. The van der Waals surface area contributed by atoms with Crippen LogP contribution in [0.3, 0.4) is 0 Å². The maximum Gasteiger partial charge on any atom is 1.00 e. The number of unbranched alkanes of at least 4 members (excludes halogenated alkanes) is 14. The monoisotopic (exact) mass is 1020 g/mol. The van der Waals surface area contributed by atoms with Crippen molar-refractivity contribution < 1.29 is 160 Å². The molecule has 6 atom stereocenters. The average molecular weight is 1020 g/mol. The van der Waals surface area contributed by atoms with Gasteiger partial charge in [-0.25, -0.2) is 25.3 Å². The molecule has 1 aromatic rings. The number of carbonyl (C=O) groups excluding carboxylic acids is 2. The molecular formula is C42H69N2Na3O16S3. The first-order chi connectivity index (χ1) is 29.7. The Bertz CT molecular complexity index is 1910. The molecule has 18 nitrogen and oxygen atoms in total. The molecule has 2 heterocycles. The van der Waals surface area contributed by atoms with E-state index in [0.29, 0.717) is 63.5 Å². The van der Waals surface area contributed by atoms with Crippen LogP contribution < -0.4 is 94.0 Å². The summed E-state index contributed by atoms with van der Waals surface area (Å²) in [6, 6.07) is 2.03. The van der Waals surface area contributed by atoms with Crippen LogP contribution in [0, 0.1) is 5.92 Å².